The molecule has 1 heterocycles. The van der Waals surface area contributed by atoms with Crippen molar-refractivity contribution in [2.24, 2.45) is 0 Å². The average molecular weight is 522 g/mol. The number of carbonyl (C=O) groups is 2. The van der Waals surface area contributed by atoms with Gasteiger partial charge in [0, 0.05) is 5.56 Å². The zero-order valence-electron chi connectivity index (χ0n) is 21.5. The Kier molecular flexibility index (Phi) is 7.06. The first-order valence-corrected chi connectivity index (χ1v) is 12.4. The summed E-state index contributed by atoms with van der Waals surface area (Å²) in [6.07, 6.45) is 0. The lowest BCUT2D eigenvalue weighted by Crippen LogP contribution is -2.29. The van der Waals surface area contributed by atoms with Gasteiger partial charge in [0.1, 0.15) is 29.6 Å². The molecule has 1 atom stereocenters. The summed E-state index contributed by atoms with van der Waals surface area (Å²) in [6, 6.07) is 27.1. The van der Waals surface area contributed by atoms with Crippen LogP contribution >= 0.6 is 0 Å². The van der Waals surface area contributed by atoms with Crippen molar-refractivity contribution >= 4 is 23.1 Å². The van der Waals surface area contributed by atoms with Crippen LogP contribution in [0.25, 0.3) is 5.76 Å². The zero-order valence-corrected chi connectivity index (χ0v) is 21.5. The largest absolute Gasteiger partial charge is 0.507 e. The van der Waals surface area contributed by atoms with Gasteiger partial charge in [-0.25, -0.2) is 0 Å². The number of ether oxygens (including phenoxy) is 2. The first kappa shape index (κ1) is 25.6. The van der Waals surface area contributed by atoms with E-state index in [2.05, 4.69) is 0 Å². The number of para-hydroxylation sites is 2. The topological polar surface area (TPSA) is 96.3 Å². The van der Waals surface area contributed by atoms with Crippen molar-refractivity contribution < 1.29 is 29.3 Å². The quantitative estimate of drug-likeness (QED) is 0.178. The van der Waals surface area contributed by atoms with E-state index in [1.54, 1.807) is 60.7 Å². The summed E-state index contributed by atoms with van der Waals surface area (Å²) in [7, 11) is 1.52. The van der Waals surface area contributed by atoms with Gasteiger partial charge in [-0.1, -0.05) is 54.6 Å². The second kappa shape index (κ2) is 10.8. The fourth-order valence-corrected chi connectivity index (χ4v) is 4.73. The Morgan fingerprint density at radius 2 is 1.64 bits per heavy atom. The second-order valence-electron chi connectivity index (χ2n) is 9.19. The Morgan fingerprint density at radius 1 is 0.897 bits per heavy atom. The molecule has 0 bridgehead atoms. The number of Topliss-reactive ketones (excluding diaryl/α,β-unsaturated/α-hetero) is 1. The molecule has 0 spiro atoms. The van der Waals surface area contributed by atoms with Crippen LogP contribution in [0, 0.1) is 6.92 Å². The normalized spacial score (nSPS) is 16.4. The molecule has 196 valence electrons. The minimum atomic E-state index is -0.997. The molecule has 0 aromatic heterocycles. The maximum atomic E-state index is 13.4. The average Bonchev–Trinajstić information content (AvgIpc) is 3.22. The molecule has 1 amide bonds. The van der Waals surface area contributed by atoms with Crippen LogP contribution in [-0.4, -0.2) is 29.0 Å². The van der Waals surface area contributed by atoms with Crippen molar-refractivity contribution in [3.63, 3.8) is 0 Å². The van der Waals surface area contributed by atoms with E-state index >= 15 is 0 Å². The van der Waals surface area contributed by atoms with E-state index in [9.17, 15) is 19.8 Å². The van der Waals surface area contributed by atoms with Crippen LogP contribution in [0.15, 0.2) is 103 Å². The highest BCUT2D eigenvalue weighted by Gasteiger charge is 2.47. The summed E-state index contributed by atoms with van der Waals surface area (Å²) in [6.45, 7) is 2.23. The molecule has 7 heteroatoms. The van der Waals surface area contributed by atoms with Gasteiger partial charge in [0.25, 0.3) is 11.7 Å². The van der Waals surface area contributed by atoms with Crippen molar-refractivity contribution in [1.82, 2.24) is 0 Å². The van der Waals surface area contributed by atoms with Crippen LogP contribution in [-0.2, 0) is 16.2 Å². The molecule has 5 rings (SSSR count). The van der Waals surface area contributed by atoms with Crippen LogP contribution in [0.4, 0.5) is 5.69 Å². The number of hydrogen-bond acceptors (Lipinski definition) is 6. The van der Waals surface area contributed by atoms with Crippen LogP contribution < -0.4 is 14.4 Å². The first-order chi connectivity index (χ1) is 18.9. The van der Waals surface area contributed by atoms with Gasteiger partial charge in [-0.05, 0) is 66.1 Å². The second-order valence-corrected chi connectivity index (χ2v) is 9.19. The summed E-state index contributed by atoms with van der Waals surface area (Å²) < 4.78 is 11.3. The summed E-state index contributed by atoms with van der Waals surface area (Å²) >= 11 is 0. The van der Waals surface area contributed by atoms with Crippen LogP contribution in [0.1, 0.15) is 28.3 Å². The van der Waals surface area contributed by atoms with E-state index in [-0.39, 0.29) is 22.8 Å². The molecule has 2 N–H and O–H groups in total. The van der Waals surface area contributed by atoms with Crippen molar-refractivity contribution in [2.75, 3.05) is 12.0 Å². The van der Waals surface area contributed by atoms with Crippen molar-refractivity contribution in [3.8, 4) is 17.2 Å². The van der Waals surface area contributed by atoms with E-state index in [1.807, 2.05) is 37.3 Å². The number of ketones is 1. The van der Waals surface area contributed by atoms with Gasteiger partial charge < -0.3 is 19.7 Å². The number of benzene rings is 4. The van der Waals surface area contributed by atoms with Gasteiger partial charge in [0.05, 0.1) is 24.4 Å². The van der Waals surface area contributed by atoms with Gasteiger partial charge in [-0.3, -0.25) is 14.5 Å². The minimum absolute atomic E-state index is 0.0890. The molecule has 1 fully saturated rings. The maximum Gasteiger partial charge on any atom is 0.300 e. The summed E-state index contributed by atoms with van der Waals surface area (Å²) in [5.41, 5.74) is 2.75. The Balaban J connectivity index is 1.58. The van der Waals surface area contributed by atoms with E-state index < -0.39 is 17.7 Å². The lowest BCUT2D eigenvalue weighted by molar-refractivity contribution is -0.132. The number of phenolic OH excluding ortho intramolecular Hbond substituents is 1. The Labute approximate surface area is 226 Å². The number of methoxy groups -OCH3 is 1. The third-order valence-corrected chi connectivity index (χ3v) is 6.68. The monoisotopic (exact) mass is 521 g/mol. The van der Waals surface area contributed by atoms with E-state index in [4.69, 9.17) is 9.47 Å². The Bertz CT molecular complexity index is 1580. The molecule has 4 aromatic carbocycles. The summed E-state index contributed by atoms with van der Waals surface area (Å²) in [4.78, 5) is 28.0. The molecular weight excluding hydrogens is 494 g/mol. The summed E-state index contributed by atoms with van der Waals surface area (Å²) in [5, 5.41) is 22.0. The number of hydrogen-bond donors (Lipinski definition) is 2. The molecule has 0 aliphatic carbocycles. The number of rotatable bonds is 7. The lowest BCUT2D eigenvalue weighted by Gasteiger charge is -2.26. The third kappa shape index (κ3) is 4.94. The predicted molar refractivity (Wildman–Crippen MR) is 148 cm³/mol. The van der Waals surface area contributed by atoms with Crippen LogP contribution in [0.2, 0.25) is 0 Å². The number of amides is 1. The van der Waals surface area contributed by atoms with Gasteiger partial charge in [-0.2, -0.15) is 0 Å². The van der Waals surface area contributed by atoms with Gasteiger partial charge in [0.15, 0.2) is 0 Å². The van der Waals surface area contributed by atoms with Crippen LogP contribution in [0.3, 0.4) is 0 Å². The van der Waals surface area contributed by atoms with Gasteiger partial charge in [0.2, 0.25) is 0 Å². The number of anilines is 1. The number of carbonyl (C=O) groups excluding carboxylic acids is 2. The number of nitrogens with zero attached hydrogens (tertiary/aromatic N) is 1. The fourth-order valence-electron chi connectivity index (χ4n) is 4.73. The molecule has 0 radical (unpaired) electrons. The van der Waals surface area contributed by atoms with Crippen LogP contribution in [0.5, 0.6) is 17.2 Å². The number of phenols is 1. The molecule has 39 heavy (non-hydrogen) atoms. The highest BCUT2D eigenvalue weighted by molar-refractivity contribution is 6.51. The molecule has 1 aliphatic heterocycles. The molecule has 1 unspecified atom stereocenters. The highest BCUT2D eigenvalue weighted by Crippen LogP contribution is 2.45. The molecule has 1 saturated heterocycles. The SMILES string of the molecule is COc1cccc(C2/C(=C(/O)c3ccc(OCc4ccccc4)c(C)c3)C(=O)C(=O)N2c2ccccc2O)c1. The van der Waals surface area contributed by atoms with E-state index in [1.165, 1.54) is 18.1 Å². The molecular formula is C32H27NO6. The third-order valence-electron chi connectivity index (χ3n) is 6.68. The van der Waals surface area contributed by atoms with Gasteiger partial charge >= 0.3 is 0 Å². The number of aliphatic hydroxyl groups excluding tert-OH is 1. The molecule has 0 saturated carbocycles. The summed E-state index contributed by atoms with van der Waals surface area (Å²) in [5.74, 6) is -1.04. The fraction of sp³-hybridized carbons (Fsp3) is 0.125. The predicted octanol–water partition coefficient (Wildman–Crippen LogP) is 5.91. The van der Waals surface area contributed by atoms with Crippen molar-refractivity contribution in [3.05, 3.63) is 125 Å². The minimum Gasteiger partial charge on any atom is -0.507 e. The number of aliphatic hydroxyl groups is 1. The number of aromatic hydroxyl groups is 1. The number of aryl methyl sites for hydroxylation is 1. The molecule has 1 aliphatic rings. The van der Waals surface area contributed by atoms with Crippen molar-refractivity contribution in [1.29, 1.82) is 0 Å². The lowest BCUT2D eigenvalue weighted by atomic mass is 9.94. The Hall–Kier alpha value is -5.04. The van der Waals surface area contributed by atoms with E-state index in [0.29, 0.717) is 29.2 Å². The molecule has 4 aromatic rings. The van der Waals surface area contributed by atoms with E-state index in [0.717, 1.165) is 11.1 Å². The van der Waals surface area contributed by atoms with Crippen molar-refractivity contribution in [2.45, 2.75) is 19.6 Å². The smallest absolute Gasteiger partial charge is 0.300 e. The first-order valence-electron chi connectivity index (χ1n) is 12.4. The van der Waals surface area contributed by atoms with Gasteiger partial charge in [-0.15, -0.1) is 0 Å². The highest BCUT2D eigenvalue weighted by atomic mass is 16.5. The maximum absolute atomic E-state index is 13.4. The Morgan fingerprint density at radius 3 is 2.36 bits per heavy atom. The molecule has 7 nitrogen and oxygen atoms in total. The standard InChI is InChI=1S/C32H27NO6/c1-20-17-23(15-16-27(20)39-19-21-9-4-3-5-10-21)30(35)28-29(22-11-8-12-24(18-22)38-2)33(32(37)31(28)36)25-13-6-7-14-26(25)34/h3-18,29,34-35H,19H2,1-2H3/b30-28-. The zero-order chi connectivity index (χ0) is 27.5.